The third kappa shape index (κ3) is 6.10. The van der Waals surface area contributed by atoms with Crippen LogP contribution >= 0.6 is 0 Å². The van der Waals surface area contributed by atoms with Gasteiger partial charge in [-0.15, -0.1) is 0 Å². The summed E-state index contributed by atoms with van der Waals surface area (Å²) in [5.41, 5.74) is 2.34. The fourth-order valence-corrected chi connectivity index (χ4v) is 3.94. The Kier molecular flexibility index (Phi) is 7.02. The maximum absolute atomic E-state index is 12.7. The number of carbonyl (C=O) groups excluding carboxylic acids is 1. The van der Waals surface area contributed by atoms with Gasteiger partial charge in [0, 0.05) is 0 Å². The molecule has 0 spiro atoms. The molecule has 0 saturated heterocycles. The van der Waals surface area contributed by atoms with Gasteiger partial charge in [-0.1, -0.05) is 62.4 Å². The standard InChI is InChI=1S/C21H28N2O3S/c1-16(2)14-19(18-11-6-5-7-12-18)22-21(24)15-23(27(4,25)26)20-13-9-8-10-17(20)3/h5-13,16,19H,14-15H2,1-4H3,(H,22,24)/t19-/m1/s1. The summed E-state index contributed by atoms with van der Waals surface area (Å²) in [6.07, 6.45) is 1.90. The Morgan fingerprint density at radius 3 is 2.19 bits per heavy atom. The molecule has 5 nitrogen and oxygen atoms in total. The highest BCUT2D eigenvalue weighted by atomic mass is 32.2. The predicted octanol–water partition coefficient (Wildman–Crippen LogP) is 3.66. The lowest BCUT2D eigenvalue weighted by molar-refractivity contribution is -0.120. The summed E-state index contributed by atoms with van der Waals surface area (Å²) in [5, 5.41) is 3.01. The number of hydrogen-bond donors (Lipinski definition) is 1. The van der Waals surface area contributed by atoms with E-state index < -0.39 is 10.0 Å². The minimum atomic E-state index is -3.59. The van der Waals surface area contributed by atoms with Crippen molar-refractivity contribution in [3.8, 4) is 0 Å². The van der Waals surface area contributed by atoms with Gasteiger partial charge in [-0.25, -0.2) is 8.42 Å². The van der Waals surface area contributed by atoms with E-state index in [0.29, 0.717) is 11.6 Å². The van der Waals surface area contributed by atoms with Crippen LogP contribution in [0.4, 0.5) is 5.69 Å². The fraction of sp³-hybridized carbons (Fsp3) is 0.381. The number of amides is 1. The van der Waals surface area contributed by atoms with E-state index in [0.717, 1.165) is 28.1 Å². The van der Waals surface area contributed by atoms with E-state index >= 15 is 0 Å². The molecule has 0 radical (unpaired) electrons. The Balaban J connectivity index is 2.22. The second-order valence-corrected chi connectivity index (χ2v) is 9.12. The lowest BCUT2D eigenvalue weighted by atomic mass is 9.97. The molecule has 2 aromatic carbocycles. The van der Waals surface area contributed by atoms with Crippen molar-refractivity contribution in [1.29, 1.82) is 0 Å². The van der Waals surface area contributed by atoms with Crippen molar-refractivity contribution < 1.29 is 13.2 Å². The van der Waals surface area contributed by atoms with Crippen molar-refractivity contribution in [3.05, 3.63) is 65.7 Å². The second-order valence-electron chi connectivity index (χ2n) is 7.22. The van der Waals surface area contributed by atoms with Crippen molar-refractivity contribution >= 4 is 21.6 Å². The summed E-state index contributed by atoms with van der Waals surface area (Å²) in [6.45, 7) is 5.78. The Labute approximate surface area is 162 Å². The molecule has 0 bridgehead atoms. The summed E-state index contributed by atoms with van der Waals surface area (Å²) in [7, 11) is -3.59. The van der Waals surface area contributed by atoms with E-state index in [9.17, 15) is 13.2 Å². The molecule has 1 N–H and O–H groups in total. The number of rotatable bonds is 8. The van der Waals surface area contributed by atoms with Crippen molar-refractivity contribution in [2.75, 3.05) is 17.1 Å². The van der Waals surface area contributed by atoms with Gasteiger partial charge in [0.05, 0.1) is 18.0 Å². The number of hydrogen-bond acceptors (Lipinski definition) is 3. The van der Waals surface area contributed by atoms with Crippen LogP contribution in [0.2, 0.25) is 0 Å². The van der Waals surface area contributed by atoms with E-state index in [1.54, 1.807) is 12.1 Å². The third-order valence-electron chi connectivity index (χ3n) is 4.32. The van der Waals surface area contributed by atoms with E-state index in [4.69, 9.17) is 0 Å². The molecular weight excluding hydrogens is 360 g/mol. The van der Waals surface area contributed by atoms with Gasteiger partial charge in [0.2, 0.25) is 15.9 Å². The maximum atomic E-state index is 12.7. The first-order valence-electron chi connectivity index (χ1n) is 9.06. The molecule has 0 aliphatic carbocycles. The van der Waals surface area contributed by atoms with Crippen LogP contribution in [0.15, 0.2) is 54.6 Å². The number of para-hydroxylation sites is 1. The zero-order valence-electron chi connectivity index (χ0n) is 16.3. The molecule has 0 aromatic heterocycles. The first-order chi connectivity index (χ1) is 12.7. The number of carbonyl (C=O) groups is 1. The van der Waals surface area contributed by atoms with Crippen molar-refractivity contribution in [2.45, 2.75) is 33.2 Å². The lowest BCUT2D eigenvalue weighted by Crippen LogP contribution is -2.42. The number of sulfonamides is 1. The first kappa shape index (κ1) is 21.0. The Morgan fingerprint density at radius 2 is 1.63 bits per heavy atom. The van der Waals surface area contributed by atoms with Crippen LogP contribution in [0, 0.1) is 12.8 Å². The van der Waals surface area contributed by atoms with Crippen LogP contribution in [0.5, 0.6) is 0 Å². The number of anilines is 1. The van der Waals surface area contributed by atoms with Crippen LogP contribution in [0.25, 0.3) is 0 Å². The highest BCUT2D eigenvalue weighted by Crippen LogP contribution is 2.23. The topological polar surface area (TPSA) is 66.5 Å². The summed E-state index contributed by atoms with van der Waals surface area (Å²) < 4.78 is 25.8. The third-order valence-corrected chi connectivity index (χ3v) is 5.44. The van der Waals surface area contributed by atoms with Gasteiger partial charge in [-0.3, -0.25) is 9.10 Å². The van der Waals surface area contributed by atoms with Gasteiger partial charge in [0.25, 0.3) is 0 Å². The molecule has 2 rings (SSSR count). The molecule has 0 heterocycles. The summed E-state index contributed by atoms with van der Waals surface area (Å²) in [5.74, 6) is 0.0658. The highest BCUT2D eigenvalue weighted by Gasteiger charge is 2.24. The molecule has 0 fully saturated rings. The van der Waals surface area contributed by atoms with Crippen LogP contribution in [0.3, 0.4) is 0 Å². The number of nitrogens with zero attached hydrogens (tertiary/aromatic N) is 1. The maximum Gasteiger partial charge on any atom is 0.241 e. The number of benzene rings is 2. The molecule has 1 amide bonds. The number of nitrogens with one attached hydrogen (secondary N) is 1. The van der Waals surface area contributed by atoms with Gasteiger partial charge in [-0.05, 0) is 36.5 Å². The van der Waals surface area contributed by atoms with Crippen molar-refractivity contribution in [1.82, 2.24) is 5.32 Å². The molecule has 6 heteroatoms. The SMILES string of the molecule is Cc1ccccc1N(CC(=O)N[C@H](CC(C)C)c1ccccc1)S(C)(=O)=O. The van der Waals surface area contributed by atoms with Gasteiger partial charge >= 0.3 is 0 Å². The van der Waals surface area contributed by atoms with Crippen LogP contribution in [0.1, 0.15) is 37.4 Å². The first-order valence-corrected chi connectivity index (χ1v) is 10.9. The average molecular weight is 389 g/mol. The zero-order valence-corrected chi connectivity index (χ0v) is 17.2. The Hall–Kier alpha value is -2.34. The minimum Gasteiger partial charge on any atom is -0.348 e. The summed E-state index contributed by atoms with van der Waals surface area (Å²) >= 11 is 0. The summed E-state index contributed by atoms with van der Waals surface area (Å²) in [4.78, 5) is 12.7. The van der Waals surface area contributed by atoms with Crippen molar-refractivity contribution in [3.63, 3.8) is 0 Å². The zero-order chi connectivity index (χ0) is 20.0. The van der Waals surface area contributed by atoms with Gasteiger partial charge < -0.3 is 5.32 Å². The van der Waals surface area contributed by atoms with Gasteiger partial charge in [0.15, 0.2) is 0 Å². The molecule has 146 valence electrons. The molecule has 1 atom stereocenters. The lowest BCUT2D eigenvalue weighted by Gasteiger charge is -2.26. The molecule has 2 aromatic rings. The Bertz CT molecular complexity index is 864. The number of aryl methyl sites for hydroxylation is 1. The van der Waals surface area contributed by atoms with Crippen molar-refractivity contribution in [2.24, 2.45) is 5.92 Å². The van der Waals surface area contributed by atoms with Crippen LogP contribution in [-0.4, -0.2) is 27.1 Å². The molecule has 0 aliphatic heterocycles. The second kappa shape index (κ2) is 9.04. The molecular formula is C21H28N2O3S. The molecule has 0 saturated carbocycles. The minimum absolute atomic E-state index is 0.156. The smallest absolute Gasteiger partial charge is 0.241 e. The summed E-state index contributed by atoms with van der Waals surface area (Å²) in [6, 6.07) is 16.8. The molecule has 0 unspecified atom stereocenters. The monoisotopic (exact) mass is 388 g/mol. The van der Waals surface area contributed by atoms with E-state index in [2.05, 4.69) is 19.2 Å². The largest absolute Gasteiger partial charge is 0.348 e. The average Bonchev–Trinajstić information content (AvgIpc) is 2.59. The molecule has 27 heavy (non-hydrogen) atoms. The van der Waals surface area contributed by atoms with Crippen LogP contribution < -0.4 is 9.62 Å². The van der Waals surface area contributed by atoms with Gasteiger partial charge in [0.1, 0.15) is 6.54 Å². The fourth-order valence-electron chi connectivity index (χ4n) is 3.03. The normalized spacial score (nSPS) is 12.6. The van der Waals surface area contributed by atoms with Crippen LogP contribution in [-0.2, 0) is 14.8 Å². The Morgan fingerprint density at radius 1 is 1.04 bits per heavy atom. The highest BCUT2D eigenvalue weighted by molar-refractivity contribution is 7.92. The molecule has 0 aliphatic rings. The van der Waals surface area contributed by atoms with E-state index in [1.807, 2.05) is 49.4 Å². The van der Waals surface area contributed by atoms with E-state index in [1.165, 1.54) is 0 Å². The quantitative estimate of drug-likeness (QED) is 0.750. The predicted molar refractivity (Wildman–Crippen MR) is 110 cm³/mol. The van der Waals surface area contributed by atoms with E-state index in [-0.39, 0.29) is 18.5 Å². The van der Waals surface area contributed by atoms with Gasteiger partial charge in [-0.2, -0.15) is 0 Å².